The lowest BCUT2D eigenvalue weighted by Gasteiger charge is -2.00. The van der Waals surface area contributed by atoms with Crippen LogP contribution in [0.1, 0.15) is 22.8 Å². The molecule has 0 spiro atoms. The zero-order chi connectivity index (χ0) is 14.1. The molecule has 3 rings (SSSR count). The first kappa shape index (κ1) is 13.4. The van der Waals surface area contributed by atoms with Crippen LogP contribution in [0.4, 0.5) is 0 Å². The standard InChI is InChI=1S/C17H14INO/c1-2-19-11-15(14-8-3-4-9-16(14)19)17(20)12-6-5-7-13(18)10-12/h3-11H,2H2,1H3. The number of hydrogen-bond donors (Lipinski definition) is 0. The number of aryl methyl sites for hydroxylation is 1. The van der Waals surface area contributed by atoms with Gasteiger partial charge in [0.15, 0.2) is 5.78 Å². The minimum absolute atomic E-state index is 0.0897. The smallest absolute Gasteiger partial charge is 0.195 e. The Kier molecular flexibility index (Phi) is 3.61. The van der Waals surface area contributed by atoms with Crippen LogP contribution in [0, 0.1) is 3.57 Å². The van der Waals surface area contributed by atoms with Crippen LogP contribution in [0.2, 0.25) is 0 Å². The summed E-state index contributed by atoms with van der Waals surface area (Å²) in [6, 6.07) is 15.8. The topological polar surface area (TPSA) is 22.0 Å². The van der Waals surface area contributed by atoms with Crippen molar-refractivity contribution in [2.45, 2.75) is 13.5 Å². The van der Waals surface area contributed by atoms with Gasteiger partial charge in [0.25, 0.3) is 0 Å². The first-order chi connectivity index (χ1) is 9.70. The predicted octanol–water partition coefficient (Wildman–Crippen LogP) is 4.50. The summed E-state index contributed by atoms with van der Waals surface area (Å²) < 4.78 is 3.20. The van der Waals surface area contributed by atoms with Crippen molar-refractivity contribution < 1.29 is 4.79 Å². The molecule has 3 heteroatoms. The summed E-state index contributed by atoms with van der Waals surface area (Å²) in [6.07, 6.45) is 1.97. The van der Waals surface area contributed by atoms with Crippen LogP contribution < -0.4 is 0 Å². The molecule has 0 aliphatic heterocycles. The zero-order valence-electron chi connectivity index (χ0n) is 11.1. The molecule has 1 aromatic heterocycles. The Labute approximate surface area is 131 Å². The van der Waals surface area contributed by atoms with Gasteiger partial charge in [-0.2, -0.15) is 0 Å². The Hall–Kier alpha value is -1.62. The molecule has 1 heterocycles. The number of carbonyl (C=O) groups excluding carboxylic acids is 1. The van der Waals surface area contributed by atoms with Crippen molar-refractivity contribution in [3.8, 4) is 0 Å². The summed E-state index contributed by atoms with van der Waals surface area (Å²) in [6.45, 7) is 2.95. The van der Waals surface area contributed by atoms with Gasteiger partial charge in [0.05, 0.1) is 0 Å². The van der Waals surface area contributed by atoms with Crippen LogP contribution in [0.3, 0.4) is 0 Å². The Bertz CT molecular complexity index is 789. The van der Waals surface area contributed by atoms with E-state index in [0.717, 1.165) is 32.1 Å². The second-order valence-electron chi connectivity index (χ2n) is 4.69. The van der Waals surface area contributed by atoms with E-state index in [-0.39, 0.29) is 5.78 Å². The first-order valence-corrected chi connectivity index (χ1v) is 7.66. The van der Waals surface area contributed by atoms with Crippen LogP contribution in [0.15, 0.2) is 54.7 Å². The minimum atomic E-state index is 0.0897. The molecule has 0 aliphatic carbocycles. The van der Waals surface area contributed by atoms with Gasteiger partial charge < -0.3 is 4.57 Å². The quantitative estimate of drug-likeness (QED) is 0.488. The summed E-state index contributed by atoms with van der Waals surface area (Å²) in [5, 5.41) is 1.03. The molecule has 0 saturated carbocycles. The highest BCUT2D eigenvalue weighted by Crippen LogP contribution is 2.24. The molecule has 0 radical (unpaired) electrons. The molecule has 0 unspecified atom stereocenters. The number of nitrogens with zero attached hydrogens (tertiary/aromatic N) is 1. The fourth-order valence-electron chi connectivity index (χ4n) is 2.47. The van der Waals surface area contributed by atoms with E-state index in [9.17, 15) is 4.79 Å². The highest BCUT2D eigenvalue weighted by molar-refractivity contribution is 14.1. The van der Waals surface area contributed by atoms with E-state index in [1.807, 2.05) is 48.7 Å². The maximum Gasteiger partial charge on any atom is 0.195 e. The summed E-state index contributed by atoms with van der Waals surface area (Å²) in [5.74, 6) is 0.0897. The fraction of sp³-hybridized carbons (Fsp3) is 0.118. The third-order valence-corrected chi connectivity index (χ3v) is 4.13. The van der Waals surface area contributed by atoms with Crippen molar-refractivity contribution in [3.05, 3.63) is 69.4 Å². The number of para-hydroxylation sites is 1. The van der Waals surface area contributed by atoms with Gasteiger partial charge >= 0.3 is 0 Å². The molecule has 3 aromatic rings. The molecular formula is C17H14INO. The molecule has 0 aliphatic rings. The number of benzene rings is 2. The summed E-state index contributed by atoms with van der Waals surface area (Å²) in [4.78, 5) is 12.7. The van der Waals surface area contributed by atoms with Gasteiger partial charge in [-0.1, -0.05) is 30.3 Å². The van der Waals surface area contributed by atoms with E-state index < -0.39 is 0 Å². The van der Waals surface area contributed by atoms with E-state index in [1.54, 1.807) is 0 Å². The van der Waals surface area contributed by atoms with Crippen molar-refractivity contribution in [2.24, 2.45) is 0 Å². The molecule has 0 N–H and O–H groups in total. The van der Waals surface area contributed by atoms with E-state index in [0.29, 0.717) is 0 Å². The Morgan fingerprint density at radius 3 is 2.70 bits per heavy atom. The summed E-state index contributed by atoms with van der Waals surface area (Å²) in [7, 11) is 0. The second-order valence-corrected chi connectivity index (χ2v) is 5.93. The van der Waals surface area contributed by atoms with Crippen molar-refractivity contribution in [3.63, 3.8) is 0 Å². The van der Waals surface area contributed by atoms with Gasteiger partial charge in [0.1, 0.15) is 0 Å². The van der Waals surface area contributed by atoms with Crippen molar-refractivity contribution in [1.82, 2.24) is 4.57 Å². The Balaban J connectivity index is 2.17. The van der Waals surface area contributed by atoms with Crippen LogP contribution in [-0.2, 0) is 6.54 Å². The number of fused-ring (bicyclic) bond motifs is 1. The van der Waals surface area contributed by atoms with E-state index >= 15 is 0 Å². The lowest BCUT2D eigenvalue weighted by Crippen LogP contribution is -2.01. The zero-order valence-corrected chi connectivity index (χ0v) is 13.3. The SMILES string of the molecule is CCn1cc(C(=O)c2cccc(I)c2)c2ccccc21. The molecule has 2 nitrogen and oxygen atoms in total. The summed E-state index contributed by atoms with van der Waals surface area (Å²) in [5.41, 5.74) is 2.64. The Morgan fingerprint density at radius 2 is 1.95 bits per heavy atom. The van der Waals surface area contributed by atoms with Crippen molar-refractivity contribution in [2.75, 3.05) is 0 Å². The molecule has 0 amide bonds. The number of halogens is 1. The molecule has 0 fully saturated rings. The highest BCUT2D eigenvalue weighted by atomic mass is 127. The second kappa shape index (κ2) is 5.40. The Morgan fingerprint density at radius 1 is 1.15 bits per heavy atom. The maximum absolute atomic E-state index is 12.7. The minimum Gasteiger partial charge on any atom is -0.347 e. The van der Waals surface area contributed by atoms with Crippen LogP contribution in [0.5, 0.6) is 0 Å². The van der Waals surface area contributed by atoms with E-state index in [1.165, 1.54) is 0 Å². The number of carbonyl (C=O) groups is 1. The molecule has 0 saturated heterocycles. The van der Waals surface area contributed by atoms with Crippen molar-refractivity contribution in [1.29, 1.82) is 0 Å². The fourth-order valence-corrected chi connectivity index (χ4v) is 3.02. The molecule has 2 aromatic carbocycles. The van der Waals surface area contributed by atoms with Crippen LogP contribution in [-0.4, -0.2) is 10.4 Å². The highest BCUT2D eigenvalue weighted by Gasteiger charge is 2.16. The number of aromatic nitrogens is 1. The average molecular weight is 375 g/mol. The summed E-state index contributed by atoms with van der Waals surface area (Å²) >= 11 is 2.23. The predicted molar refractivity (Wildman–Crippen MR) is 90.2 cm³/mol. The monoisotopic (exact) mass is 375 g/mol. The normalized spacial score (nSPS) is 10.9. The third kappa shape index (κ3) is 2.26. The lowest BCUT2D eigenvalue weighted by molar-refractivity contribution is 0.104. The number of ketones is 1. The molecule has 20 heavy (non-hydrogen) atoms. The van der Waals surface area contributed by atoms with Gasteiger partial charge in [-0.3, -0.25) is 4.79 Å². The van der Waals surface area contributed by atoms with Gasteiger partial charge in [-0.25, -0.2) is 0 Å². The van der Waals surface area contributed by atoms with Gasteiger partial charge in [0, 0.05) is 38.3 Å². The molecule has 0 atom stereocenters. The number of hydrogen-bond acceptors (Lipinski definition) is 1. The molecule has 0 bridgehead atoms. The number of rotatable bonds is 3. The van der Waals surface area contributed by atoms with E-state index in [4.69, 9.17) is 0 Å². The lowest BCUT2D eigenvalue weighted by atomic mass is 10.0. The van der Waals surface area contributed by atoms with Gasteiger partial charge in [-0.15, -0.1) is 0 Å². The van der Waals surface area contributed by atoms with Crippen molar-refractivity contribution >= 4 is 39.3 Å². The van der Waals surface area contributed by atoms with Crippen LogP contribution >= 0.6 is 22.6 Å². The maximum atomic E-state index is 12.7. The molecule has 100 valence electrons. The largest absolute Gasteiger partial charge is 0.347 e. The van der Waals surface area contributed by atoms with Crippen LogP contribution in [0.25, 0.3) is 10.9 Å². The van der Waals surface area contributed by atoms with Gasteiger partial charge in [0.2, 0.25) is 0 Å². The third-order valence-electron chi connectivity index (χ3n) is 3.46. The van der Waals surface area contributed by atoms with E-state index in [2.05, 4.69) is 40.1 Å². The van der Waals surface area contributed by atoms with Gasteiger partial charge in [-0.05, 0) is 47.7 Å². The first-order valence-electron chi connectivity index (χ1n) is 6.59. The average Bonchev–Trinajstić information content (AvgIpc) is 2.85. The molecular weight excluding hydrogens is 361 g/mol.